The molecule has 0 bridgehead atoms. The van der Waals surface area contributed by atoms with Crippen molar-refractivity contribution in [3.8, 4) is 0 Å². The summed E-state index contributed by atoms with van der Waals surface area (Å²) in [4.78, 5) is 28.8. The predicted octanol–water partition coefficient (Wildman–Crippen LogP) is 2.59. The normalized spacial score (nSPS) is 10.4. The fourth-order valence-corrected chi connectivity index (χ4v) is 2.34. The largest absolute Gasteiger partial charge is 0.383 e. The van der Waals surface area contributed by atoms with Gasteiger partial charge in [-0.05, 0) is 36.8 Å². The van der Waals surface area contributed by atoms with E-state index in [0.717, 1.165) is 5.56 Å². The topological polar surface area (TPSA) is 85.6 Å². The summed E-state index contributed by atoms with van der Waals surface area (Å²) in [6.45, 7) is 2.87. The van der Waals surface area contributed by atoms with Crippen LogP contribution in [0.3, 0.4) is 0 Å². The predicted molar refractivity (Wildman–Crippen MR) is 88.7 cm³/mol. The van der Waals surface area contributed by atoms with E-state index >= 15 is 0 Å². The van der Waals surface area contributed by atoms with Gasteiger partial charge in [-0.1, -0.05) is 0 Å². The smallest absolute Gasteiger partial charge is 0.272 e. The molecule has 0 aliphatic carbocycles. The van der Waals surface area contributed by atoms with E-state index in [9.17, 15) is 14.9 Å². The van der Waals surface area contributed by atoms with Crippen LogP contribution in [-0.4, -0.2) is 41.0 Å². The highest BCUT2D eigenvalue weighted by Crippen LogP contribution is 2.20. The second-order valence-corrected chi connectivity index (χ2v) is 5.33. The molecule has 1 heterocycles. The summed E-state index contributed by atoms with van der Waals surface area (Å²) in [5, 5.41) is 10.9. The van der Waals surface area contributed by atoms with E-state index in [1.807, 2.05) is 12.1 Å². The Balaban J connectivity index is 2.23. The summed E-state index contributed by atoms with van der Waals surface area (Å²) in [6, 6.07) is 8.08. The Morgan fingerprint density at radius 2 is 2.00 bits per heavy atom. The molecule has 0 spiro atoms. The zero-order chi connectivity index (χ0) is 17.5. The molecule has 2 aromatic rings. The van der Waals surface area contributed by atoms with Crippen molar-refractivity contribution in [2.24, 2.45) is 0 Å². The van der Waals surface area contributed by atoms with Gasteiger partial charge in [-0.2, -0.15) is 0 Å². The zero-order valence-corrected chi connectivity index (χ0v) is 13.6. The van der Waals surface area contributed by atoms with Crippen molar-refractivity contribution in [1.29, 1.82) is 0 Å². The van der Waals surface area contributed by atoms with Crippen LogP contribution in [0.25, 0.3) is 0 Å². The Kier molecular flexibility index (Phi) is 5.97. The molecule has 0 N–H and O–H groups in total. The summed E-state index contributed by atoms with van der Waals surface area (Å²) < 4.78 is 5.07. The molecule has 7 heteroatoms. The van der Waals surface area contributed by atoms with Crippen molar-refractivity contribution in [3.63, 3.8) is 0 Å². The van der Waals surface area contributed by atoms with Gasteiger partial charge in [-0.3, -0.25) is 19.9 Å². The van der Waals surface area contributed by atoms with Crippen LogP contribution in [0.15, 0.2) is 42.7 Å². The van der Waals surface area contributed by atoms with Crippen molar-refractivity contribution in [2.45, 2.75) is 13.5 Å². The number of pyridine rings is 1. The van der Waals surface area contributed by atoms with Gasteiger partial charge in [-0.15, -0.1) is 0 Å². The van der Waals surface area contributed by atoms with Gasteiger partial charge in [0.1, 0.15) is 0 Å². The number of aromatic nitrogens is 1. The third-order valence-electron chi connectivity index (χ3n) is 3.62. The quantitative estimate of drug-likeness (QED) is 0.576. The molecule has 7 nitrogen and oxygen atoms in total. The van der Waals surface area contributed by atoms with Crippen LogP contribution < -0.4 is 0 Å². The van der Waals surface area contributed by atoms with Gasteiger partial charge in [-0.25, -0.2) is 0 Å². The van der Waals surface area contributed by atoms with E-state index in [0.29, 0.717) is 30.8 Å². The monoisotopic (exact) mass is 329 g/mol. The summed E-state index contributed by atoms with van der Waals surface area (Å²) >= 11 is 0. The number of ether oxygens (including phenoxy) is 1. The molecule has 0 fully saturated rings. The Morgan fingerprint density at radius 3 is 2.58 bits per heavy atom. The van der Waals surface area contributed by atoms with Gasteiger partial charge in [0, 0.05) is 49.8 Å². The standard InChI is InChI=1S/C17H19N3O4/c1-13-11-15(3-4-16(13)20(22)23)17(21)19(9-10-24-2)12-14-5-7-18-8-6-14/h3-8,11H,9-10,12H2,1-2H3. The molecule has 24 heavy (non-hydrogen) atoms. The van der Waals surface area contributed by atoms with Crippen LogP contribution >= 0.6 is 0 Å². The lowest BCUT2D eigenvalue weighted by Crippen LogP contribution is -2.33. The Bertz CT molecular complexity index is 719. The number of benzene rings is 1. The second kappa shape index (κ2) is 8.16. The number of amides is 1. The molecule has 0 atom stereocenters. The highest BCUT2D eigenvalue weighted by Gasteiger charge is 2.19. The minimum Gasteiger partial charge on any atom is -0.383 e. The van der Waals surface area contributed by atoms with E-state index in [4.69, 9.17) is 4.74 Å². The molecule has 0 aliphatic rings. The fraction of sp³-hybridized carbons (Fsp3) is 0.294. The van der Waals surface area contributed by atoms with Crippen LogP contribution in [0, 0.1) is 17.0 Å². The number of nitro groups is 1. The van der Waals surface area contributed by atoms with Gasteiger partial charge < -0.3 is 9.64 Å². The minimum absolute atomic E-state index is 0.00382. The Labute approximate surface area is 140 Å². The number of hydrogen-bond acceptors (Lipinski definition) is 5. The molecule has 0 saturated carbocycles. The van der Waals surface area contributed by atoms with Crippen molar-refractivity contribution >= 4 is 11.6 Å². The molecule has 0 aliphatic heterocycles. The summed E-state index contributed by atoms with van der Waals surface area (Å²) in [5.41, 5.74) is 1.84. The number of rotatable bonds is 7. The summed E-state index contributed by atoms with van der Waals surface area (Å²) in [6.07, 6.45) is 3.34. The third-order valence-corrected chi connectivity index (χ3v) is 3.62. The highest BCUT2D eigenvalue weighted by atomic mass is 16.6. The molecule has 2 rings (SSSR count). The van der Waals surface area contributed by atoms with Crippen LogP contribution in [0.4, 0.5) is 5.69 Å². The number of hydrogen-bond donors (Lipinski definition) is 0. The van der Waals surface area contributed by atoms with E-state index in [1.54, 1.807) is 37.4 Å². The number of carbonyl (C=O) groups is 1. The van der Waals surface area contributed by atoms with E-state index in [-0.39, 0.29) is 11.6 Å². The molecule has 0 unspecified atom stereocenters. The van der Waals surface area contributed by atoms with Gasteiger partial charge in [0.2, 0.25) is 0 Å². The maximum Gasteiger partial charge on any atom is 0.272 e. The molecule has 0 radical (unpaired) electrons. The lowest BCUT2D eigenvalue weighted by molar-refractivity contribution is -0.385. The van der Waals surface area contributed by atoms with E-state index in [2.05, 4.69) is 4.98 Å². The molecular weight excluding hydrogens is 310 g/mol. The average molecular weight is 329 g/mol. The van der Waals surface area contributed by atoms with Crippen LogP contribution in [0.1, 0.15) is 21.5 Å². The average Bonchev–Trinajstić information content (AvgIpc) is 2.58. The van der Waals surface area contributed by atoms with Crippen LogP contribution in [0.2, 0.25) is 0 Å². The van der Waals surface area contributed by atoms with Gasteiger partial charge in [0.05, 0.1) is 11.5 Å². The first-order chi connectivity index (χ1) is 11.5. The van der Waals surface area contributed by atoms with Gasteiger partial charge >= 0.3 is 0 Å². The fourth-order valence-electron chi connectivity index (χ4n) is 2.34. The molecule has 1 amide bonds. The number of nitrogens with zero attached hydrogens (tertiary/aromatic N) is 3. The first-order valence-corrected chi connectivity index (χ1v) is 7.45. The number of carbonyl (C=O) groups excluding carboxylic acids is 1. The zero-order valence-electron chi connectivity index (χ0n) is 13.6. The van der Waals surface area contributed by atoms with Crippen LogP contribution in [-0.2, 0) is 11.3 Å². The highest BCUT2D eigenvalue weighted by molar-refractivity contribution is 5.94. The van der Waals surface area contributed by atoms with Crippen molar-refractivity contribution < 1.29 is 14.5 Å². The molecule has 0 saturated heterocycles. The number of methoxy groups -OCH3 is 1. The number of nitro benzene ring substituents is 1. The van der Waals surface area contributed by atoms with Crippen molar-refractivity contribution in [2.75, 3.05) is 20.3 Å². The Morgan fingerprint density at radius 1 is 1.29 bits per heavy atom. The SMILES string of the molecule is COCCN(Cc1ccncc1)C(=O)c1ccc([N+](=O)[O-])c(C)c1. The molecule has 126 valence electrons. The summed E-state index contributed by atoms with van der Waals surface area (Å²) in [7, 11) is 1.57. The molecule has 1 aromatic heterocycles. The van der Waals surface area contributed by atoms with Crippen molar-refractivity contribution in [1.82, 2.24) is 9.88 Å². The second-order valence-electron chi connectivity index (χ2n) is 5.33. The maximum atomic E-state index is 12.8. The number of aryl methyl sites for hydroxylation is 1. The van der Waals surface area contributed by atoms with E-state index in [1.165, 1.54) is 12.1 Å². The first-order valence-electron chi connectivity index (χ1n) is 7.45. The lowest BCUT2D eigenvalue weighted by Gasteiger charge is -2.22. The molecule has 1 aromatic carbocycles. The summed E-state index contributed by atoms with van der Waals surface area (Å²) in [5.74, 6) is -0.193. The lowest BCUT2D eigenvalue weighted by atomic mass is 10.1. The van der Waals surface area contributed by atoms with Crippen LogP contribution in [0.5, 0.6) is 0 Å². The Hall–Kier alpha value is -2.80. The third kappa shape index (κ3) is 4.36. The molecular formula is C17H19N3O4. The van der Waals surface area contributed by atoms with Gasteiger partial charge in [0.25, 0.3) is 11.6 Å². The van der Waals surface area contributed by atoms with E-state index < -0.39 is 4.92 Å². The first kappa shape index (κ1) is 17.6. The minimum atomic E-state index is -0.455. The van der Waals surface area contributed by atoms with Crippen molar-refractivity contribution in [3.05, 3.63) is 69.5 Å². The van der Waals surface area contributed by atoms with Gasteiger partial charge in [0.15, 0.2) is 0 Å². The maximum absolute atomic E-state index is 12.8.